The molecule has 4 aromatic carbocycles. The Bertz CT molecular complexity index is 1650. The average molecular weight is 667 g/mol. The highest BCUT2D eigenvalue weighted by molar-refractivity contribution is 5.76. The number of ether oxygens (including phenoxy) is 2. The number of hydrogen-bond acceptors (Lipinski definition) is 7. The molecule has 5 atom stereocenters. The number of carbonyl (C=O) groups is 2. The summed E-state index contributed by atoms with van der Waals surface area (Å²) < 4.78 is 13.1. The Hall–Kier alpha value is -4.38. The molecule has 0 aliphatic carbocycles. The van der Waals surface area contributed by atoms with Crippen molar-refractivity contribution in [3.8, 4) is 11.1 Å². The van der Waals surface area contributed by atoms with Crippen molar-refractivity contribution in [3.63, 3.8) is 0 Å². The van der Waals surface area contributed by atoms with Crippen LogP contribution in [-0.4, -0.2) is 57.8 Å². The molecule has 1 fully saturated rings. The van der Waals surface area contributed by atoms with Crippen LogP contribution in [0.4, 0.5) is 0 Å². The summed E-state index contributed by atoms with van der Waals surface area (Å²) in [6.07, 6.45) is -0.553. The van der Waals surface area contributed by atoms with Gasteiger partial charge in [-0.3, -0.25) is 14.5 Å². The van der Waals surface area contributed by atoms with E-state index in [9.17, 15) is 19.8 Å². The van der Waals surface area contributed by atoms with Gasteiger partial charge in [-0.05, 0) is 59.8 Å². The Morgan fingerprint density at radius 1 is 0.857 bits per heavy atom. The molecule has 0 bridgehead atoms. The molecular weight excluding hydrogens is 620 g/mol. The highest BCUT2D eigenvalue weighted by Gasteiger charge is 2.34. The van der Waals surface area contributed by atoms with Gasteiger partial charge in [0, 0.05) is 44.0 Å². The molecule has 4 aromatic rings. The first-order valence-corrected chi connectivity index (χ1v) is 16.8. The lowest BCUT2D eigenvalue weighted by atomic mass is 9.98. The molecule has 9 nitrogen and oxygen atoms in total. The molecular formula is C40H46N2O7. The van der Waals surface area contributed by atoms with Gasteiger partial charge in [-0.2, -0.15) is 0 Å². The fourth-order valence-electron chi connectivity index (χ4n) is 6.07. The summed E-state index contributed by atoms with van der Waals surface area (Å²) in [6, 6.07) is 33.4. The van der Waals surface area contributed by atoms with Gasteiger partial charge < -0.3 is 30.1 Å². The fraction of sp³-hybridized carbons (Fsp3) is 0.350. The second-order valence-electron chi connectivity index (χ2n) is 12.7. The zero-order chi connectivity index (χ0) is 34.8. The Morgan fingerprint density at radius 3 is 2.27 bits per heavy atom. The largest absolute Gasteiger partial charge is 0.481 e. The molecule has 0 unspecified atom stereocenters. The number of carbonyl (C=O) groups excluding carboxylic acids is 1. The van der Waals surface area contributed by atoms with E-state index in [1.54, 1.807) is 0 Å². The molecule has 0 aromatic heterocycles. The third kappa shape index (κ3) is 10.1. The molecule has 1 aliphatic heterocycles. The van der Waals surface area contributed by atoms with Crippen LogP contribution in [-0.2, 0) is 32.2 Å². The first kappa shape index (κ1) is 35.9. The van der Waals surface area contributed by atoms with Gasteiger partial charge in [0.1, 0.15) is 0 Å². The second-order valence-corrected chi connectivity index (χ2v) is 12.7. The summed E-state index contributed by atoms with van der Waals surface area (Å²) in [6.45, 7) is 2.95. The molecule has 0 spiro atoms. The maximum absolute atomic E-state index is 12.1. The number of nitrogens with one attached hydrogen (secondary N) is 1. The van der Waals surface area contributed by atoms with Crippen LogP contribution >= 0.6 is 0 Å². The van der Waals surface area contributed by atoms with Crippen LogP contribution in [0, 0.1) is 0 Å². The highest BCUT2D eigenvalue weighted by Crippen LogP contribution is 2.39. The number of amides is 1. The standard InChI is InChI=1S/C40H46N2O7/c1-27(39(47)32-9-4-3-5-10-32)42(2)25-35-23-36(31-16-14-28(26-43)15-17-31)49-40(48-35)33-20-18-30(19-21-33)34-11-6-8-29(22-34)24-41-37(44)12-7-13-38(45)46/h3-6,8-11,14-22,27,35-36,39-40,43,47H,7,12-13,23-26H2,1-2H3,(H,41,44)(H,45,46)/t27-,35+,36-,39-,40-/m0/s1. The van der Waals surface area contributed by atoms with E-state index < -0.39 is 18.4 Å². The van der Waals surface area contributed by atoms with E-state index in [2.05, 4.69) is 10.2 Å². The van der Waals surface area contributed by atoms with E-state index in [-0.39, 0.29) is 43.6 Å². The van der Waals surface area contributed by atoms with Crippen LogP contribution in [0.3, 0.4) is 0 Å². The minimum atomic E-state index is -0.904. The predicted molar refractivity (Wildman–Crippen MR) is 187 cm³/mol. The van der Waals surface area contributed by atoms with Gasteiger partial charge in [0.15, 0.2) is 6.29 Å². The first-order valence-electron chi connectivity index (χ1n) is 16.8. The van der Waals surface area contributed by atoms with Crippen molar-refractivity contribution in [2.45, 2.75) is 76.4 Å². The van der Waals surface area contributed by atoms with Crippen molar-refractivity contribution in [2.75, 3.05) is 13.6 Å². The van der Waals surface area contributed by atoms with Gasteiger partial charge in [-0.25, -0.2) is 0 Å². The molecule has 5 rings (SSSR count). The van der Waals surface area contributed by atoms with Crippen molar-refractivity contribution < 1.29 is 34.4 Å². The van der Waals surface area contributed by atoms with Gasteiger partial charge in [-0.15, -0.1) is 0 Å². The summed E-state index contributed by atoms with van der Waals surface area (Å²) in [5, 5.41) is 32.3. The fourth-order valence-corrected chi connectivity index (χ4v) is 6.07. The van der Waals surface area contributed by atoms with Crippen LogP contribution < -0.4 is 5.32 Å². The summed E-state index contributed by atoms with van der Waals surface area (Å²) in [5.41, 5.74) is 6.56. The molecule has 1 heterocycles. The minimum Gasteiger partial charge on any atom is -0.481 e. The van der Waals surface area contributed by atoms with Crippen LogP contribution in [0.25, 0.3) is 11.1 Å². The summed E-state index contributed by atoms with van der Waals surface area (Å²) in [7, 11) is 2.00. The average Bonchev–Trinajstić information content (AvgIpc) is 3.13. The van der Waals surface area contributed by atoms with Crippen LogP contribution in [0.1, 0.15) is 78.9 Å². The van der Waals surface area contributed by atoms with Crippen molar-refractivity contribution in [2.24, 2.45) is 0 Å². The van der Waals surface area contributed by atoms with Crippen LogP contribution in [0.5, 0.6) is 0 Å². The highest BCUT2D eigenvalue weighted by atomic mass is 16.7. The zero-order valence-corrected chi connectivity index (χ0v) is 28.1. The number of nitrogens with zero attached hydrogens (tertiary/aromatic N) is 1. The van der Waals surface area contributed by atoms with Gasteiger partial charge in [-0.1, -0.05) is 97.1 Å². The van der Waals surface area contributed by atoms with Gasteiger partial charge in [0.2, 0.25) is 5.91 Å². The third-order valence-corrected chi connectivity index (χ3v) is 9.13. The molecule has 0 radical (unpaired) electrons. The third-order valence-electron chi connectivity index (χ3n) is 9.13. The van der Waals surface area contributed by atoms with Crippen molar-refractivity contribution in [3.05, 3.63) is 131 Å². The number of aliphatic hydroxyl groups excluding tert-OH is 2. The van der Waals surface area contributed by atoms with Crippen LogP contribution in [0.15, 0.2) is 103 Å². The Morgan fingerprint density at radius 2 is 1.57 bits per heavy atom. The number of likely N-dealkylation sites (N-methyl/N-ethyl adjacent to an activating group) is 1. The normalized spacial score (nSPS) is 18.9. The molecule has 49 heavy (non-hydrogen) atoms. The minimum absolute atomic E-state index is 0.0227. The van der Waals surface area contributed by atoms with Crippen molar-refractivity contribution in [1.29, 1.82) is 0 Å². The number of benzene rings is 4. The number of hydrogen-bond donors (Lipinski definition) is 4. The van der Waals surface area contributed by atoms with Gasteiger partial charge in [0.05, 0.1) is 24.9 Å². The maximum Gasteiger partial charge on any atom is 0.303 e. The summed E-state index contributed by atoms with van der Waals surface area (Å²) in [5.74, 6) is -1.07. The second kappa shape index (κ2) is 17.3. The molecule has 0 saturated carbocycles. The summed E-state index contributed by atoms with van der Waals surface area (Å²) >= 11 is 0. The number of aliphatic hydroxyl groups is 2. The SMILES string of the molecule is C[C@@H]([C@H](O)c1ccccc1)N(C)C[C@H]1C[C@@H](c2ccc(CO)cc2)O[C@@H](c2ccc(-c3cccc(CNC(=O)CCCC(=O)O)c3)cc2)O1. The van der Waals surface area contributed by atoms with E-state index in [1.165, 1.54) is 0 Å². The Kier molecular flexibility index (Phi) is 12.7. The Labute approximate surface area is 288 Å². The lowest BCUT2D eigenvalue weighted by Gasteiger charge is -2.39. The number of rotatable bonds is 15. The van der Waals surface area contributed by atoms with E-state index in [1.807, 2.05) is 117 Å². The monoisotopic (exact) mass is 666 g/mol. The number of carboxylic acid groups (broad SMARTS) is 1. The summed E-state index contributed by atoms with van der Waals surface area (Å²) in [4.78, 5) is 25.0. The number of aliphatic carboxylic acids is 1. The molecule has 4 N–H and O–H groups in total. The quantitative estimate of drug-likeness (QED) is 0.116. The van der Waals surface area contributed by atoms with Gasteiger partial charge in [0.25, 0.3) is 0 Å². The topological polar surface area (TPSA) is 129 Å². The molecule has 1 aliphatic rings. The lowest BCUT2D eigenvalue weighted by Crippen LogP contribution is -2.43. The zero-order valence-electron chi connectivity index (χ0n) is 28.1. The van der Waals surface area contributed by atoms with Crippen LogP contribution in [0.2, 0.25) is 0 Å². The molecule has 1 amide bonds. The van der Waals surface area contributed by atoms with E-state index in [0.717, 1.165) is 38.9 Å². The molecule has 258 valence electrons. The maximum atomic E-state index is 12.1. The molecule has 1 saturated heterocycles. The smallest absolute Gasteiger partial charge is 0.303 e. The first-order chi connectivity index (χ1) is 23.7. The van der Waals surface area contributed by atoms with Crippen molar-refractivity contribution in [1.82, 2.24) is 10.2 Å². The Balaban J connectivity index is 1.28. The van der Waals surface area contributed by atoms with E-state index in [4.69, 9.17) is 14.6 Å². The lowest BCUT2D eigenvalue weighted by molar-refractivity contribution is -0.253. The van der Waals surface area contributed by atoms with E-state index in [0.29, 0.717) is 25.9 Å². The van der Waals surface area contributed by atoms with E-state index >= 15 is 0 Å². The predicted octanol–water partition coefficient (Wildman–Crippen LogP) is 6.32. The van der Waals surface area contributed by atoms with Crippen molar-refractivity contribution >= 4 is 11.9 Å². The van der Waals surface area contributed by atoms with Gasteiger partial charge >= 0.3 is 5.97 Å². The number of carboxylic acids is 1. The molecule has 9 heteroatoms.